The lowest BCUT2D eigenvalue weighted by Gasteiger charge is -2.06. The van der Waals surface area contributed by atoms with E-state index in [1.807, 2.05) is 24.3 Å². The quantitative estimate of drug-likeness (QED) is 0.709. The normalized spacial score (nSPS) is 18.1. The molecule has 0 aromatic heterocycles. The molecule has 0 fully saturated rings. The van der Waals surface area contributed by atoms with E-state index >= 15 is 0 Å². The summed E-state index contributed by atoms with van der Waals surface area (Å²) in [5, 5.41) is 3.17. The number of nitrogens with one attached hydrogen (secondary N) is 1. The van der Waals surface area contributed by atoms with Crippen LogP contribution in [0.5, 0.6) is 0 Å². The first kappa shape index (κ1) is 8.83. The highest BCUT2D eigenvalue weighted by Crippen LogP contribution is 2.25. The van der Waals surface area contributed by atoms with E-state index < -0.39 is 0 Å². The van der Waals surface area contributed by atoms with E-state index in [2.05, 4.69) is 11.2 Å². The summed E-state index contributed by atoms with van der Waals surface area (Å²) in [6.45, 7) is 0. The molecule has 0 saturated carbocycles. The number of ketones is 1. The van der Waals surface area contributed by atoms with Gasteiger partial charge in [-0.1, -0.05) is 24.1 Å². The Labute approximate surface area is 83.3 Å². The Morgan fingerprint density at radius 1 is 1.57 bits per heavy atom. The molecule has 1 N–H and O–H groups in total. The monoisotopic (exact) mass is 185 g/mol. The lowest BCUT2D eigenvalue weighted by atomic mass is 10.1. The fourth-order valence-electron chi connectivity index (χ4n) is 1.72. The van der Waals surface area contributed by atoms with Gasteiger partial charge in [0.15, 0.2) is 5.78 Å². The molecule has 1 aromatic rings. The molecule has 2 nitrogen and oxygen atoms in total. The van der Waals surface area contributed by atoms with Gasteiger partial charge in [-0.2, -0.15) is 0 Å². The molecule has 1 aliphatic rings. The van der Waals surface area contributed by atoms with Crippen LogP contribution in [-0.2, 0) is 11.2 Å². The van der Waals surface area contributed by atoms with Gasteiger partial charge in [-0.15, -0.1) is 6.42 Å². The van der Waals surface area contributed by atoms with Crippen molar-refractivity contribution in [2.24, 2.45) is 0 Å². The first-order valence-corrected chi connectivity index (χ1v) is 4.62. The van der Waals surface area contributed by atoms with Crippen molar-refractivity contribution >= 4 is 11.5 Å². The average molecular weight is 185 g/mol. The summed E-state index contributed by atoms with van der Waals surface area (Å²) in [5.41, 5.74) is 2.26. The minimum atomic E-state index is -0.122. The molecule has 0 bridgehead atoms. The number of anilines is 1. The van der Waals surface area contributed by atoms with Crippen LogP contribution in [0.15, 0.2) is 24.3 Å². The van der Waals surface area contributed by atoms with Crippen LogP contribution in [0.1, 0.15) is 12.0 Å². The van der Waals surface area contributed by atoms with Gasteiger partial charge in [0.05, 0.1) is 12.5 Å². The molecule has 1 aromatic carbocycles. The topological polar surface area (TPSA) is 29.1 Å². The summed E-state index contributed by atoms with van der Waals surface area (Å²) in [6.07, 6.45) is 6.08. The second kappa shape index (κ2) is 3.55. The molecule has 70 valence electrons. The third kappa shape index (κ3) is 1.49. The van der Waals surface area contributed by atoms with Crippen molar-refractivity contribution in [1.82, 2.24) is 0 Å². The van der Waals surface area contributed by atoms with Crippen LogP contribution in [0.2, 0.25) is 0 Å². The highest BCUT2D eigenvalue weighted by Gasteiger charge is 2.24. The van der Waals surface area contributed by atoms with Gasteiger partial charge in [0.2, 0.25) is 0 Å². The molecule has 1 unspecified atom stereocenters. The minimum absolute atomic E-state index is 0.101. The number of para-hydroxylation sites is 1. The second-order valence-electron chi connectivity index (χ2n) is 3.41. The summed E-state index contributed by atoms with van der Waals surface area (Å²) in [7, 11) is 0. The minimum Gasteiger partial charge on any atom is -0.375 e. The van der Waals surface area contributed by atoms with Crippen molar-refractivity contribution in [2.45, 2.75) is 18.9 Å². The van der Waals surface area contributed by atoms with Gasteiger partial charge in [-0.3, -0.25) is 4.79 Å². The van der Waals surface area contributed by atoms with Crippen molar-refractivity contribution in [2.75, 3.05) is 5.32 Å². The summed E-state index contributed by atoms with van der Waals surface area (Å²) in [4.78, 5) is 11.5. The van der Waals surface area contributed by atoms with Crippen LogP contribution in [0.4, 0.5) is 5.69 Å². The Morgan fingerprint density at radius 2 is 2.36 bits per heavy atom. The van der Waals surface area contributed by atoms with Crippen molar-refractivity contribution in [3.05, 3.63) is 29.8 Å². The standard InChI is InChI=1S/C12H11NO/c1-2-5-12(14)11-8-9-6-3-4-7-10(9)13-11/h1,3-4,6-7,11,13H,5,8H2. The fraction of sp³-hybridized carbons (Fsp3) is 0.250. The highest BCUT2D eigenvalue weighted by atomic mass is 16.1. The van der Waals surface area contributed by atoms with E-state index in [-0.39, 0.29) is 18.2 Å². The van der Waals surface area contributed by atoms with Crippen molar-refractivity contribution in [3.63, 3.8) is 0 Å². The van der Waals surface area contributed by atoms with E-state index in [0.29, 0.717) is 0 Å². The Kier molecular flexibility index (Phi) is 2.24. The maximum atomic E-state index is 11.5. The Hall–Kier alpha value is -1.75. The predicted molar refractivity (Wildman–Crippen MR) is 56.0 cm³/mol. The number of fused-ring (bicyclic) bond motifs is 1. The largest absolute Gasteiger partial charge is 0.375 e. The Bertz CT molecular complexity index is 378. The number of Topliss-reactive ketones (excluding diaryl/α,β-unsaturated/α-hetero) is 1. The number of rotatable bonds is 2. The van der Waals surface area contributed by atoms with Crippen LogP contribution in [0.3, 0.4) is 0 Å². The third-order valence-electron chi connectivity index (χ3n) is 2.44. The van der Waals surface area contributed by atoms with Crippen molar-refractivity contribution in [1.29, 1.82) is 0 Å². The van der Waals surface area contributed by atoms with E-state index in [4.69, 9.17) is 6.42 Å². The number of hydrogen-bond donors (Lipinski definition) is 1. The van der Waals surface area contributed by atoms with Gasteiger partial charge in [0.1, 0.15) is 0 Å². The number of hydrogen-bond acceptors (Lipinski definition) is 2. The maximum absolute atomic E-state index is 11.5. The number of benzene rings is 1. The lowest BCUT2D eigenvalue weighted by molar-refractivity contribution is -0.118. The fourth-order valence-corrected chi connectivity index (χ4v) is 1.72. The molecule has 14 heavy (non-hydrogen) atoms. The predicted octanol–water partition coefficient (Wildman–Crippen LogP) is 1.62. The summed E-state index contributed by atoms with van der Waals surface area (Å²) in [5.74, 6) is 2.48. The third-order valence-corrected chi connectivity index (χ3v) is 2.44. The molecule has 0 radical (unpaired) electrons. The molecule has 0 aliphatic carbocycles. The van der Waals surface area contributed by atoms with E-state index in [1.165, 1.54) is 5.56 Å². The van der Waals surface area contributed by atoms with E-state index in [0.717, 1.165) is 12.1 Å². The van der Waals surface area contributed by atoms with E-state index in [1.54, 1.807) is 0 Å². The first-order valence-electron chi connectivity index (χ1n) is 4.62. The molecule has 1 aliphatic heterocycles. The average Bonchev–Trinajstić information content (AvgIpc) is 2.61. The summed E-state index contributed by atoms with van der Waals surface area (Å²) < 4.78 is 0. The summed E-state index contributed by atoms with van der Waals surface area (Å²) >= 11 is 0. The van der Waals surface area contributed by atoms with Crippen LogP contribution in [0.25, 0.3) is 0 Å². The molecule has 0 saturated heterocycles. The maximum Gasteiger partial charge on any atom is 0.167 e. The van der Waals surface area contributed by atoms with Crippen molar-refractivity contribution < 1.29 is 4.79 Å². The molecule has 2 rings (SSSR count). The molecular weight excluding hydrogens is 174 g/mol. The zero-order valence-electron chi connectivity index (χ0n) is 7.79. The number of terminal acetylenes is 1. The Balaban J connectivity index is 2.12. The van der Waals surface area contributed by atoms with Gasteiger partial charge >= 0.3 is 0 Å². The van der Waals surface area contributed by atoms with Crippen LogP contribution < -0.4 is 5.32 Å². The molecule has 1 atom stereocenters. The zero-order valence-corrected chi connectivity index (χ0v) is 7.79. The van der Waals surface area contributed by atoms with Crippen molar-refractivity contribution in [3.8, 4) is 12.3 Å². The number of carbonyl (C=O) groups is 1. The van der Waals surface area contributed by atoms with Gasteiger partial charge in [0, 0.05) is 12.1 Å². The Morgan fingerprint density at radius 3 is 3.07 bits per heavy atom. The molecule has 2 heteroatoms. The van der Waals surface area contributed by atoms with E-state index in [9.17, 15) is 4.79 Å². The first-order chi connectivity index (χ1) is 6.81. The van der Waals surface area contributed by atoms with Crippen LogP contribution in [0, 0.1) is 12.3 Å². The highest BCUT2D eigenvalue weighted by molar-refractivity contribution is 5.90. The molecule has 0 spiro atoms. The smallest absolute Gasteiger partial charge is 0.167 e. The summed E-state index contributed by atoms with van der Waals surface area (Å²) in [6, 6.07) is 7.83. The number of carbonyl (C=O) groups excluding carboxylic acids is 1. The van der Waals surface area contributed by atoms with Gasteiger partial charge in [0.25, 0.3) is 0 Å². The van der Waals surface area contributed by atoms with Gasteiger partial charge < -0.3 is 5.32 Å². The molecule has 0 amide bonds. The van der Waals surface area contributed by atoms with Crippen LogP contribution in [-0.4, -0.2) is 11.8 Å². The molecular formula is C12H11NO. The SMILES string of the molecule is C#CCC(=O)C1Cc2ccccc2N1. The zero-order chi connectivity index (χ0) is 9.97. The van der Waals surface area contributed by atoms with Gasteiger partial charge in [-0.05, 0) is 11.6 Å². The second-order valence-corrected chi connectivity index (χ2v) is 3.41. The lowest BCUT2D eigenvalue weighted by Crippen LogP contribution is -2.26. The van der Waals surface area contributed by atoms with Crippen LogP contribution >= 0.6 is 0 Å². The molecule has 1 heterocycles. The van der Waals surface area contributed by atoms with Gasteiger partial charge in [-0.25, -0.2) is 0 Å².